The van der Waals surface area contributed by atoms with Crippen LogP contribution in [0.1, 0.15) is 54.1 Å². The van der Waals surface area contributed by atoms with Crippen LogP contribution in [0, 0.1) is 5.92 Å². The fraction of sp³-hybridized carbons (Fsp3) is 0.333. The predicted molar refractivity (Wildman–Crippen MR) is 109 cm³/mol. The van der Waals surface area contributed by atoms with E-state index in [1.165, 1.54) is 0 Å². The van der Waals surface area contributed by atoms with Gasteiger partial charge in [-0.3, -0.25) is 9.59 Å². The monoisotopic (exact) mass is 406 g/mol. The van der Waals surface area contributed by atoms with Crippen molar-refractivity contribution in [3.8, 4) is 23.0 Å². The van der Waals surface area contributed by atoms with Gasteiger partial charge in [-0.15, -0.1) is 0 Å². The van der Waals surface area contributed by atoms with E-state index in [9.17, 15) is 9.59 Å². The number of ketones is 1. The molecule has 0 spiro atoms. The van der Waals surface area contributed by atoms with E-state index in [2.05, 4.69) is 13.8 Å². The Kier molecular flexibility index (Phi) is 4.50. The minimum absolute atomic E-state index is 0.0300. The topological polar surface area (TPSA) is 71.1 Å². The van der Waals surface area contributed by atoms with Gasteiger partial charge in [-0.05, 0) is 48.2 Å². The van der Waals surface area contributed by atoms with E-state index < -0.39 is 0 Å². The van der Waals surface area contributed by atoms with Crippen molar-refractivity contribution in [3.63, 3.8) is 0 Å². The third-order valence-corrected chi connectivity index (χ3v) is 5.50. The number of esters is 1. The number of benzene rings is 2. The summed E-state index contributed by atoms with van der Waals surface area (Å²) in [7, 11) is 0. The summed E-state index contributed by atoms with van der Waals surface area (Å²) in [6.07, 6.45) is 2.82. The number of carbonyl (C=O) groups excluding carboxylic acids is 2. The summed E-state index contributed by atoms with van der Waals surface area (Å²) in [6, 6.07) is 8.89. The SMILES string of the molecule is CC(C)C[C@H]1CC(=O)Oc2ccc3c(c21)O/C(=C\c1ccc2c(c1)OCCO2)C3=O. The molecule has 0 radical (unpaired) electrons. The average Bonchev–Trinajstić information content (AvgIpc) is 3.02. The van der Waals surface area contributed by atoms with Crippen LogP contribution >= 0.6 is 0 Å². The van der Waals surface area contributed by atoms with Gasteiger partial charge in [0.25, 0.3) is 0 Å². The van der Waals surface area contributed by atoms with E-state index in [0.717, 1.165) is 17.5 Å². The summed E-state index contributed by atoms with van der Waals surface area (Å²) in [5.74, 6) is 2.54. The standard InChI is InChI=1S/C24H22O6/c1-13(2)9-15-12-21(25)29-18-6-4-16-23(26)20(30-24(16)22(15)18)11-14-3-5-17-19(10-14)28-8-7-27-17/h3-6,10-11,13,15H,7-9,12H2,1-2H3/b20-11-/t15-/m0/s1. The molecule has 30 heavy (non-hydrogen) atoms. The minimum Gasteiger partial charge on any atom is -0.486 e. The lowest BCUT2D eigenvalue weighted by Gasteiger charge is -2.27. The molecular formula is C24H22O6. The highest BCUT2D eigenvalue weighted by Gasteiger charge is 2.38. The number of rotatable bonds is 3. The smallest absolute Gasteiger partial charge is 0.311 e. The summed E-state index contributed by atoms with van der Waals surface area (Å²) in [6.45, 7) is 5.25. The first-order chi connectivity index (χ1) is 14.5. The zero-order valence-electron chi connectivity index (χ0n) is 16.9. The van der Waals surface area contributed by atoms with Gasteiger partial charge in [-0.2, -0.15) is 0 Å². The Bertz CT molecular complexity index is 1080. The zero-order valence-corrected chi connectivity index (χ0v) is 16.9. The molecule has 0 bridgehead atoms. The number of hydrogen-bond donors (Lipinski definition) is 0. The molecule has 0 amide bonds. The van der Waals surface area contributed by atoms with Crippen LogP contribution in [0.5, 0.6) is 23.0 Å². The normalized spacial score (nSPS) is 20.6. The van der Waals surface area contributed by atoms with Crippen molar-refractivity contribution in [1.82, 2.24) is 0 Å². The lowest BCUT2D eigenvalue weighted by atomic mass is 9.84. The van der Waals surface area contributed by atoms with Crippen molar-refractivity contribution in [2.24, 2.45) is 5.92 Å². The number of ether oxygens (including phenoxy) is 4. The highest BCUT2D eigenvalue weighted by Crippen LogP contribution is 2.48. The number of allylic oxidation sites excluding steroid dienone is 1. The molecule has 3 aliphatic rings. The third kappa shape index (κ3) is 3.22. The van der Waals surface area contributed by atoms with Gasteiger partial charge in [0.2, 0.25) is 5.78 Å². The van der Waals surface area contributed by atoms with Crippen LogP contribution in [0.25, 0.3) is 6.08 Å². The maximum absolute atomic E-state index is 13.0. The third-order valence-electron chi connectivity index (χ3n) is 5.50. The van der Waals surface area contributed by atoms with Gasteiger partial charge in [0, 0.05) is 11.5 Å². The van der Waals surface area contributed by atoms with Gasteiger partial charge in [-0.1, -0.05) is 19.9 Å². The molecule has 1 atom stereocenters. The number of carbonyl (C=O) groups is 2. The first-order valence-electron chi connectivity index (χ1n) is 10.2. The van der Waals surface area contributed by atoms with E-state index in [1.807, 2.05) is 18.2 Å². The van der Waals surface area contributed by atoms with Crippen molar-refractivity contribution >= 4 is 17.8 Å². The Balaban J connectivity index is 1.52. The highest BCUT2D eigenvalue weighted by atomic mass is 16.6. The van der Waals surface area contributed by atoms with Gasteiger partial charge in [0.05, 0.1) is 12.0 Å². The fourth-order valence-electron chi connectivity index (χ4n) is 4.27. The van der Waals surface area contributed by atoms with Crippen molar-refractivity contribution < 1.29 is 28.5 Å². The Morgan fingerprint density at radius 2 is 1.77 bits per heavy atom. The Morgan fingerprint density at radius 3 is 2.57 bits per heavy atom. The molecule has 6 heteroatoms. The van der Waals surface area contributed by atoms with Gasteiger partial charge >= 0.3 is 5.97 Å². The molecule has 154 valence electrons. The summed E-state index contributed by atoms with van der Waals surface area (Å²) in [5, 5.41) is 0. The Labute approximate surface area is 174 Å². The van der Waals surface area contributed by atoms with Crippen molar-refractivity contribution in [3.05, 3.63) is 52.8 Å². The van der Waals surface area contributed by atoms with Crippen LogP contribution in [-0.4, -0.2) is 25.0 Å². The van der Waals surface area contributed by atoms with Gasteiger partial charge < -0.3 is 18.9 Å². The maximum Gasteiger partial charge on any atom is 0.311 e. The van der Waals surface area contributed by atoms with Crippen LogP contribution in [0.2, 0.25) is 0 Å². The summed E-state index contributed by atoms with van der Waals surface area (Å²) in [5.41, 5.74) is 2.11. The van der Waals surface area contributed by atoms with Crippen LogP contribution in [0.3, 0.4) is 0 Å². The van der Waals surface area contributed by atoms with E-state index in [-0.39, 0.29) is 23.4 Å². The molecule has 0 aromatic heterocycles. The number of hydrogen-bond acceptors (Lipinski definition) is 6. The lowest BCUT2D eigenvalue weighted by molar-refractivity contribution is -0.136. The molecule has 0 N–H and O–H groups in total. The molecular weight excluding hydrogens is 384 g/mol. The van der Waals surface area contributed by atoms with Crippen LogP contribution in [0.15, 0.2) is 36.1 Å². The summed E-state index contributed by atoms with van der Waals surface area (Å²) < 4.78 is 22.7. The van der Waals surface area contributed by atoms with Crippen LogP contribution < -0.4 is 18.9 Å². The lowest BCUT2D eigenvalue weighted by Crippen LogP contribution is -2.21. The van der Waals surface area contributed by atoms with Crippen molar-refractivity contribution in [2.45, 2.75) is 32.6 Å². The van der Waals surface area contributed by atoms with Gasteiger partial charge in [0.15, 0.2) is 17.3 Å². The molecule has 2 aromatic rings. The second-order valence-electron chi connectivity index (χ2n) is 8.20. The largest absolute Gasteiger partial charge is 0.486 e. The molecule has 0 saturated heterocycles. The van der Waals surface area contributed by atoms with Crippen LogP contribution in [-0.2, 0) is 4.79 Å². The molecule has 0 saturated carbocycles. The Hall–Kier alpha value is -3.28. The first-order valence-corrected chi connectivity index (χ1v) is 10.2. The number of fused-ring (bicyclic) bond motifs is 4. The van der Waals surface area contributed by atoms with Gasteiger partial charge in [-0.25, -0.2) is 0 Å². The summed E-state index contributed by atoms with van der Waals surface area (Å²) >= 11 is 0. The second kappa shape index (κ2) is 7.20. The molecule has 0 aliphatic carbocycles. The van der Waals surface area contributed by atoms with Crippen molar-refractivity contribution in [1.29, 1.82) is 0 Å². The van der Waals surface area contributed by atoms with Crippen LogP contribution in [0.4, 0.5) is 0 Å². The van der Waals surface area contributed by atoms with E-state index in [4.69, 9.17) is 18.9 Å². The summed E-state index contributed by atoms with van der Waals surface area (Å²) in [4.78, 5) is 25.1. The minimum atomic E-state index is -0.246. The second-order valence-corrected chi connectivity index (χ2v) is 8.20. The molecule has 6 nitrogen and oxygen atoms in total. The molecule has 0 fully saturated rings. The molecule has 5 rings (SSSR count). The van der Waals surface area contributed by atoms with E-state index in [1.54, 1.807) is 18.2 Å². The average molecular weight is 406 g/mol. The van der Waals surface area contributed by atoms with E-state index >= 15 is 0 Å². The first kappa shape index (κ1) is 18.7. The fourth-order valence-corrected chi connectivity index (χ4v) is 4.27. The number of Topliss-reactive ketones (excluding diaryl/α,β-unsaturated/α-hetero) is 1. The van der Waals surface area contributed by atoms with E-state index in [0.29, 0.717) is 54.1 Å². The quantitative estimate of drug-likeness (QED) is 0.424. The molecule has 2 aromatic carbocycles. The zero-order chi connectivity index (χ0) is 20.8. The maximum atomic E-state index is 13.0. The Morgan fingerprint density at radius 1 is 1.00 bits per heavy atom. The van der Waals surface area contributed by atoms with Crippen molar-refractivity contribution in [2.75, 3.05) is 13.2 Å². The predicted octanol–water partition coefficient (Wildman–Crippen LogP) is 4.51. The molecule has 3 heterocycles. The molecule has 3 aliphatic heterocycles. The highest BCUT2D eigenvalue weighted by molar-refractivity contribution is 6.15. The van der Waals surface area contributed by atoms with Gasteiger partial charge in [0.1, 0.15) is 24.7 Å². The molecule has 0 unspecified atom stereocenters.